The van der Waals surface area contributed by atoms with E-state index in [1.165, 1.54) is 18.2 Å². The van der Waals surface area contributed by atoms with E-state index < -0.39 is 12.2 Å². The van der Waals surface area contributed by atoms with Gasteiger partial charge in [0.1, 0.15) is 6.29 Å². The quantitative estimate of drug-likeness (QED) is 0.452. The van der Waals surface area contributed by atoms with E-state index in [-0.39, 0.29) is 18.1 Å². The Balaban J connectivity index is 1.93. The Bertz CT molecular complexity index is 783. The number of phenols is 2. The second-order valence-electron chi connectivity index (χ2n) is 5.33. The van der Waals surface area contributed by atoms with Gasteiger partial charge in [0.05, 0.1) is 6.61 Å². The van der Waals surface area contributed by atoms with E-state index >= 15 is 0 Å². The highest BCUT2D eigenvalue weighted by Crippen LogP contribution is 2.41. The molecule has 0 bridgehead atoms. The molecule has 6 heteroatoms. The molecular weight excluding hydrogens is 312 g/mol. The second-order valence-corrected chi connectivity index (χ2v) is 5.33. The van der Waals surface area contributed by atoms with Crippen LogP contribution in [0.4, 0.5) is 0 Å². The van der Waals surface area contributed by atoms with Crippen molar-refractivity contribution < 1.29 is 29.6 Å². The summed E-state index contributed by atoms with van der Waals surface area (Å²) < 4.78 is 11.7. The lowest BCUT2D eigenvalue weighted by atomic mass is 10.0. The fraction of sp³-hybridized carbons (Fsp3) is 0.167. The number of aldehydes is 1. The molecule has 2 aromatic carbocycles. The van der Waals surface area contributed by atoms with Gasteiger partial charge < -0.3 is 24.8 Å². The van der Waals surface area contributed by atoms with Crippen molar-refractivity contribution in [3.8, 4) is 23.0 Å². The summed E-state index contributed by atoms with van der Waals surface area (Å²) in [7, 11) is 0. The minimum Gasteiger partial charge on any atom is -0.504 e. The van der Waals surface area contributed by atoms with Crippen molar-refractivity contribution >= 4 is 12.4 Å². The number of hydrogen-bond donors (Lipinski definition) is 3. The zero-order valence-electron chi connectivity index (χ0n) is 12.6. The molecule has 0 fully saturated rings. The molecule has 1 heterocycles. The van der Waals surface area contributed by atoms with Gasteiger partial charge in [-0.15, -0.1) is 0 Å². The molecule has 0 saturated heterocycles. The topological polar surface area (TPSA) is 96.2 Å². The third-order valence-corrected chi connectivity index (χ3v) is 3.71. The number of rotatable bonds is 4. The number of aliphatic hydroxyl groups is 1. The highest BCUT2D eigenvalue weighted by Gasteiger charge is 2.33. The highest BCUT2D eigenvalue weighted by molar-refractivity contribution is 5.74. The van der Waals surface area contributed by atoms with Crippen LogP contribution in [0.3, 0.4) is 0 Å². The van der Waals surface area contributed by atoms with Crippen molar-refractivity contribution in [1.82, 2.24) is 0 Å². The number of carbonyl (C=O) groups is 1. The van der Waals surface area contributed by atoms with Crippen LogP contribution in [0.1, 0.15) is 17.2 Å². The molecule has 3 rings (SSSR count). The number of hydrogen-bond acceptors (Lipinski definition) is 6. The molecule has 24 heavy (non-hydrogen) atoms. The molecule has 0 saturated carbocycles. The van der Waals surface area contributed by atoms with E-state index in [4.69, 9.17) is 9.47 Å². The summed E-state index contributed by atoms with van der Waals surface area (Å²) in [6.45, 7) is -0.292. The van der Waals surface area contributed by atoms with E-state index in [0.717, 1.165) is 5.56 Å². The Hall–Kier alpha value is -2.99. The maximum atomic E-state index is 10.4. The first-order valence-electron chi connectivity index (χ1n) is 7.34. The molecule has 2 atom stereocenters. The molecule has 0 aromatic heterocycles. The van der Waals surface area contributed by atoms with E-state index in [1.807, 2.05) is 0 Å². The highest BCUT2D eigenvalue weighted by atomic mass is 16.6. The Labute approximate surface area is 138 Å². The third-order valence-electron chi connectivity index (χ3n) is 3.71. The molecule has 2 aromatic rings. The molecule has 1 aliphatic heterocycles. The zero-order chi connectivity index (χ0) is 17.1. The van der Waals surface area contributed by atoms with Crippen LogP contribution in [-0.4, -0.2) is 34.3 Å². The van der Waals surface area contributed by atoms with Crippen molar-refractivity contribution in [3.05, 3.63) is 53.6 Å². The van der Waals surface area contributed by atoms with Crippen LogP contribution in [0.2, 0.25) is 0 Å². The van der Waals surface area contributed by atoms with E-state index in [2.05, 4.69) is 0 Å². The van der Waals surface area contributed by atoms with Crippen molar-refractivity contribution in [2.45, 2.75) is 12.2 Å². The van der Waals surface area contributed by atoms with Gasteiger partial charge in [-0.2, -0.15) is 0 Å². The normalized spacial score (nSPS) is 19.4. The molecule has 0 amide bonds. The van der Waals surface area contributed by atoms with E-state index in [9.17, 15) is 20.1 Å². The standard InChI is InChI=1S/C18H16O6/c19-7-1-2-11-3-6-15-16(8-11)23-17(10-20)18(24-15)12-4-5-13(21)14(22)9-12/h1-9,17-18,20-22H,10H2/b2-1+/t17-,18-/m0/s1. The maximum absolute atomic E-state index is 10.4. The number of phenolic OH excluding ortho intramolecular Hbond substituents is 2. The monoisotopic (exact) mass is 328 g/mol. The average molecular weight is 328 g/mol. The summed E-state index contributed by atoms with van der Waals surface area (Å²) in [4.78, 5) is 10.4. The number of benzene rings is 2. The number of aromatic hydroxyl groups is 2. The number of allylic oxidation sites excluding steroid dienone is 1. The minimum absolute atomic E-state index is 0.233. The van der Waals surface area contributed by atoms with Gasteiger partial charge in [0, 0.05) is 5.56 Å². The molecule has 0 unspecified atom stereocenters. The molecule has 124 valence electrons. The van der Waals surface area contributed by atoms with Gasteiger partial charge in [-0.1, -0.05) is 18.2 Å². The average Bonchev–Trinajstić information content (AvgIpc) is 2.61. The number of ether oxygens (including phenoxy) is 2. The van der Waals surface area contributed by atoms with Crippen LogP contribution in [0.25, 0.3) is 6.08 Å². The fourth-order valence-electron chi connectivity index (χ4n) is 2.54. The minimum atomic E-state index is -0.674. The lowest BCUT2D eigenvalue weighted by Gasteiger charge is -2.33. The van der Waals surface area contributed by atoms with Crippen molar-refractivity contribution in [2.24, 2.45) is 0 Å². The molecule has 3 N–H and O–H groups in total. The fourth-order valence-corrected chi connectivity index (χ4v) is 2.54. The van der Waals surface area contributed by atoms with Gasteiger partial charge in [0.25, 0.3) is 0 Å². The predicted octanol–water partition coefficient (Wildman–Crippen LogP) is 2.18. The summed E-state index contributed by atoms with van der Waals surface area (Å²) in [5, 5.41) is 28.7. The van der Waals surface area contributed by atoms with Crippen LogP contribution in [0.5, 0.6) is 23.0 Å². The first-order valence-corrected chi connectivity index (χ1v) is 7.34. The Kier molecular flexibility index (Phi) is 4.39. The summed E-state index contributed by atoms with van der Waals surface area (Å²) in [5.41, 5.74) is 1.33. The molecule has 0 spiro atoms. The summed E-state index contributed by atoms with van der Waals surface area (Å²) in [5.74, 6) is 0.442. The van der Waals surface area contributed by atoms with Crippen molar-refractivity contribution in [1.29, 1.82) is 0 Å². The van der Waals surface area contributed by atoms with Gasteiger partial charge in [0.2, 0.25) is 0 Å². The van der Waals surface area contributed by atoms with Crippen molar-refractivity contribution in [2.75, 3.05) is 6.61 Å². The molecule has 0 aliphatic carbocycles. The third kappa shape index (κ3) is 3.04. The Morgan fingerprint density at radius 1 is 1.00 bits per heavy atom. The van der Waals surface area contributed by atoms with E-state index in [0.29, 0.717) is 23.3 Å². The lowest BCUT2D eigenvalue weighted by Crippen LogP contribution is -2.36. The maximum Gasteiger partial charge on any atom is 0.163 e. The van der Waals surface area contributed by atoms with Crippen LogP contribution >= 0.6 is 0 Å². The summed E-state index contributed by atoms with van der Waals surface area (Å²) in [6, 6.07) is 9.51. The smallest absolute Gasteiger partial charge is 0.163 e. The largest absolute Gasteiger partial charge is 0.504 e. The van der Waals surface area contributed by atoms with Crippen LogP contribution < -0.4 is 9.47 Å². The number of aliphatic hydroxyl groups excluding tert-OH is 1. The van der Waals surface area contributed by atoms with Crippen LogP contribution in [-0.2, 0) is 4.79 Å². The molecular formula is C18H16O6. The van der Waals surface area contributed by atoms with Gasteiger partial charge in [0.15, 0.2) is 35.2 Å². The molecule has 1 aliphatic rings. The summed E-state index contributed by atoms with van der Waals surface area (Å²) >= 11 is 0. The molecule has 6 nitrogen and oxygen atoms in total. The first kappa shape index (κ1) is 15.9. The number of carbonyl (C=O) groups excluding carboxylic acids is 1. The lowest BCUT2D eigenvalue weighted by molar-refractivity contribution is -0.104. The van der Waals surface area contributed by atoms with Gasteiger partial charge >= 0.3 is 0 Å². The van der Waals surface area contributed by atoms with Crippen molar-refractivity contribution in [3.63, 3.8) is 0 Å². The van der Waals surface area contributed by atoms with E-state index in [1.54, 1.807) is 30.3 Å². The SMILES string of the molecule is O=C/C=C/c1ccc2c(c1)O[C@@H](CO)[C@H](c1ccc(O)c(O)c1)O2. The molecule has 0 radical (unpaired) electrons. The van der Waals surface area contributed by atoms with Crippen LogP contribution in [0, 0.1) is 0 Å². The zero-order valence-corrected chi connectivity index (χ0v) is 12.6. The number of fused-ring (bicyclic) bond motifs is 1. The Morgan fingerprint density at radius 2 is 1.83 bits per heavy atom. The second kappa shape index (κ2) is 6.64. The predicted molar refractivity (Wildman–Crippen MR) is 86.2 cm³/mol. The van der Waals surface area contributed by atoms with Gasteiger partial charge in [-0.25, -0.2) is 0 Å². The first-order chi connectivity index (χ1) is 11.6. The van der Waals surface area contributed by atoms with Gasteiger partial charge in [-0.05, 0) is 35.9 Å². The summed E-state index contributed by atoms with van der Waals surface area (Å²) in [6.07, 6.45) is 2.38. The van der Waals surface area contributed by atoms with Crippen LogP contribution in [0.15, 0.2) is 42.5 Å². The van der Waals surface area contributed by atoms with Gasteiger partial charge in [-0.3, -0.25) is 4.79 Å². The Morgan fingerprint density at radius 3 is 2.54 bits per heavy atom.